The Morgan fingerprint density at radius 3 is 2.43 bits per heavy atom. The van der Waals surface area contributed by atoms with Gasteiger partial charge in [0.2, 0.25) is 0 Å². The van der Waals surface area contributed by atoms with Crippen LogP contribution in [0.1, 0.15) is 15.9 Å². The van der Waals surface area contributed by atoms with Crippen molar-refractivity contribution in [1.29, 1.82) is 0 Å². The number of hydrogen-bond donors (Lipinski definition) is 1. The van der Waals surface area contributed by atoms with Crippen molar-refractivity contribution >= 4 is 11.7 Å². The van der Waals surface area contributed by atoms with E-state index in [1.54, 1.807) is 0 Å². The normalized spacial score (nSPS) is 11.5. The summed E-state index contributed by atoms with van der Waals surface area (Å²) in [4.78, 5) is 11.8. The Morgan fingerprint density at radius 2 is 2.00 bits per heavy atom. The number of halogens is 4. The molecule has 0 aliphatic rings. The molecule has 21 heavy (non-hydrogen) atoms. The number of aryl methyl sites for hydroxylation is 1. The lowest BCUT2D eigenvalue weighted by Crippen LogP contribution is -2.36. The van der Waals surface area contributed by atoms with E-state index in [2.05, 4.69) is 0 Å². The molecule has 0 amide bonds. The quantitative estimate of drug-likeness (QED) is 0.821. The smallest absolute Gasteiger partial charge is 0.405 e. The molecule has 1 aromatic carbocycles. The molecule has 0 fully saturated rings. The van der Waals surface area contributed by atoms with Crippen LogP contribution in [0.25, 0.3) is 0 Å². The number of methoxy groups -OCH3 is 1. The third-order valence-corrected chi connectivity index (χ3v) is 2.79. The second kappa shape index (κ2) is 6.75. The number of hydrogen-bond acceptors (Lipinski definition) is 3. The molecule has 1 rings (SSSR count). The van der Waals surface area contributed by atoms with Crippen molar-refractivity contribution < 1.29 is 32.2 Å². The van der Waals surface area contributed by atoms with Gasteiger partial charge in [-0.25, -0.2) is 9.18 Å². The molecule has 0 radical (unpaired) electrons. The van der Waals surface area contributed by atoms with E-state index in [1.807, 2.05) is 0 Å². The van der Waals surface area contributed by atoms with Gasteiger partial charge in [0, 0.05) is 19.3 Å². The van der Waals surface area contributed by atoms with Crippen LogP contribution in [-0.2, 0) is 4.74 Å². The van der Waals surface area contributed by atoms with Gasteiger partial charge in [0.15, 0.2) is 0 Å². The van der Waals surface area contributed by atoms with Crippen LogP contribution in [-0.4, -0.2) is 44.1 Å². The molecule has 118 valence electrons. The van der Waals surface area contributed by atoms with Crippen molar-refractivity contribution in [2.24, 2.45) is 0 Å². The van der Waals surface area contributed by atoms with Crippen LogP contribution in [0.4, 0.5) is 23.2 Å². The van der Waals surface area contributed by atoms with Gasteiger partial charge in [-0.3, -0.25) is 0 Å². The molecule has 0 spiro atoms. The first-order chi connectivity index (χ1) is 9.65. The van der Waals surface area contributed by atoms with Crippen LogP contribution in [0.3, 0.4) is 0 Å². The number of carbonyl (C=O) groups is 1. The monoisotopic (exact) mass is 309 g/mol. The van der Waals surface area contributed by atoms with Crippen molar-refractivity contribution in [3.8, 4) is 0 Å². The fourth-order valence-electron chi connectivity index (χ4n) is 1.90. The maximum Gasteiger partial charge on any atom is 0.405 e. The standard InChI is InChI=1S/C13H15F4NO3/c1-8-5-9(6-10(14)11(8)12(19)20)18(3-4-21-2)7-13(15,16)17/h5-6H,3-4,7H2,1-2H3,(H,19,20). The summed E-state index contributed by atoms with van der Waals surface area (Å²) in [7, 11) is 1.34. The van der Waals surface area contributed by atoms with Crippen molar-refractivity contribution in [3.63, 3.8) is 0 Å². The Labute approximate surface area is 118 Å². The Morgan fingerprint density at radius 1 is 1.38 bits per heavy atom. The molecule has 1 aromatic rings. The lowest BCUT2D eigenvalue weighted by atomic mass is 10.1. The zero-order valence-corrected chi connectivity index (χ0v) is 11.5. The van der Waals surface area contributed by atoms with Crippen molar-refractivity contribution in [2.45, 2.75) is 13.1 Å². The SMILES string of the molecule is COCCN(CC(F)(F)F)c1cc(C)c(C(=O)O)c(F)c1. The van der Waals surface area contributed by atoms with Gasteiger partial charge in [-0.15, -0.1) is 0 Å². The van der Waals surface area contributed by atoms with Crippen molar-refractivity contribution in [3.05, 3.63) is 29.1 Å². The van der Waals surface area contributed by atoms with Gasteiger partial charge in [0.05, 0.1) is 12.2 Å². The van der Waals surface area contributed by atoms with E-state index in [0.717, 1.165) is 11.0 Å². The first-order valence-corrected chi connectivity index (χ1v) is 5.99. The lowest BCUT2D eigenvalue weighted by Gasteiger charge is -2.26. The number of benzene rings is 1. The summed E-state index contributed by atoms with van der Waals surface area (Å²) in [6, 6.07) is 2.01. The van der Waals surface area contributed by atoms with Crippen LogP contribution in [0.5, 0.6) is 0 Å². The highest BCUT2D eigenvalue weighted by atomic mass is 19.4. The topological polar surface area (TPSA) is 49.8 Å². The molecular formula is C13H15F4NO3. The average molecular weight is 309 g/mol. The van der Waals surface area contributed by atoms with E-state index in [0.29, 0.717) is 0 Å². The summed E-state index contributed by atoms with van der Waals surface area (Å²) < 4.78 is 56.2. The maximum atomic E-state index is 13.8. The summed E-state index contributed by atoms with van der Waals surface area (Å²) in [6.45, 7) is -0.0154. The van der Waals surface area contributed by atoms with Crippen molar-refractivity contribution in [1.82, 2.24) is 0 Å². The Balaban J connectivity index is 3.16. The van der Waals surface area contributed by atoms with Gasteiger partial charge in [0.1, 0.15) is 12.4 Å². The molecule has 0 saturated heterocycles. The van der Waals surface area contributed by atoms with Crippen LogP contribution in [0.15, 0.2) is 12.1 Å². The number of anilines is 1. The largest absolute Gasteiger partial charge is 0.478 e. The van der Waals surface area contributed by atoms with E-state index in [-0.39, 0.29) is 24.4 Å². The van der Waals surface area contributed by atoms with E-state index in [1.165, 1.54) is 20.1 Å². The molecule has 0 aromatic heterocycles. The summed E-state index contributed by atoms with van der Waals surface area (Å²) in [5, 5.41) is 8.85. The highest BCUT2D eigenvalue weighted by Gasteiger charge is 2.31. The molecule has 1 N–H and O–H groups in total. The molecule has 0 unspecified atom stereocenters. The number of carboxylic acid groups (broad SMARTS) is 1. The van der Waals surface area contributed by atoms with E-state index in [9.17, 15) is 22.4 Å². The molecule has 0 atom stereocenters. The lowest BCUT2D eigenvalue weighted by molar-refractivity contribution is -0.120. The molecule has 0 aliphatic heterocycles. The van der Waals surface area contributed by atoms with Gasteiger partial charge in [-0.2, -0.15) is 13.2 Å². The molecule has 0 aliphatic carbocycles. The maximum absolute atomic E-state index is 13.8. The molecule has 0 saturated carbocycles. The fraction of sp³-hybridized carbons (Fsp3) is 0.462. The van der Waals surface area contributed by atoms with Gasteiger partial charge in [-0.1, -0.05) is 0 Å². The number of ether oxygens (including phenoxy) is 1. The van der Waals surface area contributed by atoms with E-state index < -0.39 is 30.1 Å². The minimum Gasteiger partial charge on any atom is -0.478 e. The van der Waals surface area contributed by atoms with Gasteiger partial charge in [0.25, 0.3) is 0 Å². The molecule has 0 bridgehead atoms. The predicted molar refractivity (Wildman–Crippen MR) is 68.2 cm³/mol. The Bertz CT molecular complexity index is 494. The zero-order chi connectivity index (χ0) is 16.2. The predicted octanol–water partition coefficient (Wildman–Crippen LogP) is 2.85. The second-order valence-electron chi connectivity index (χ2n) is 4.45. The van der Waals surface area contributed by atoms with Crippen LogP contribution < -0.4 is 4.90 Å². The zero-order valence-electron chi connectivity index (χ0n) is 11.5. The summed E-state index contributed by atoms with van der Waals surface area (Å²) in [5.74, 6) is -2.53. The van der Waals surface area contributed by atoms with Crippen LogP contribution in [0.2, 0.25) is 0 Å². The Kier molecular flexibility index (Phi) is 5.54. The number of aromatic carboxylic acids is 1. The number of alkyl halides is 3. The first kappa shape index (κ1) is 17.2. The first-order valence-electron chi connectivity index (χ1n) is 5.99. The van der Waals surface area contributed by atoms with Crippen molar-refractivity contribution in [2.75, 3.05) is 31.7 Å². The molecule has 0 heterocycles. The highest BCUT2D eigenvalue weighted by molar-refractivity contribution is 5.90. The van der Waals surface area contributed by atoms with E-state index in [4.69, 9.17) is 9.84 Å². The molecule has 4 nitrogen and oxygen atoms in total. The van der Waals surface area contributed by atoms with E-state index >= 15 is 0 Å². The number of rotatable bonds is 6. The van der Waals surface area contributed by atoms with Gasteiger partial charge < -0.3 is 14.7 Å². The third kappa shape index (κ3) is 4.89. The number of carboxylic acids is 1. The second-order valence-corrected chi connectivity index (χ2v) is 4.45. The van der Waals surface area contributed by atoms with Crippen LogP contribution in [0, 0.1) is 12.7 Å². The summed E-state index contributed by atoms with van der Waals surface area (Å²) in [6.07, 6.45) is -4.47. The highest BCUT2D eigenvalue weighted by Crippen LogP contribution is 2.26. The third-order valence-electron chi connectivity index (χ3n) is 2.79. The van der Waals surface area contributed by atoms with Crippen LogP contribution >= 0.6 is 0 Å². The number of nitrogens with zero attached hydrogens (tertiary/aromatic N) is 1. The minimum absolute atomic E-state index is 0.0252. The average Bonchev–Trinajstić information content (AvgIpc) is 2.31. The summed E-state index contributed by atoms with van der Waals surface area (Å²) in [5.41, 5.74) is -0.524. The molecule has 8 heteroatoms. The summed E-state index contributed by atoms with van der Waals surface area (Å²) >= 11 is 0. The van der Waals surface area contributed by atoms with Gasteiger partial charge >= 0.3 is 12.1 Å². The minimum atomic E-state index is -4.47. The van der Waals surface area contributed by atoms with Gasteiger partial charge in [-0.05, 0) is 24.6 Å². The Hall–Kier alpha value is -1.83. The molecular weight excluding hydrogens is 294 g/mol. The fourth-order valence-corrected chi connectivity index (χ4v) is 1.90.